The van der Waals surface area contributed by atoms with E-state index < -0.39 is 0 Å². The van der Waals surface area contributed by atoms with E-state index in [1.807, 2.05) is 48.5 Å². The first-order valence-electron chi connectivity index (χ1n) is 6.09. The van der Waals surface area contributed by atoms with Crippen molar-refractivity contribution >= 4 is 38.5 Å². The van der Waals surface area contributed by atoms with Crippen LogP contribution in [0.15, 0.2) is 48.5 Å². The van der Waals surface area contributed by atoms with E-state index >= 15 is 0 Å². The number of benzene rings is 2. The number of nitrogens with two attached hydrogens (primary N) is 1. The molecule has 2 aromatic carbocycles. The zero-order valence-corrected chi connectivity index (χ0v) is 11.2. The molecule has 2 aromatic heterocycles. The number of rotatable bonds is 0. The summed E-state index contributed by atoms with van der Waals surface area (Å²) in [6.07, 6.45) is 0. The van der Waals surface area contributed by atoms with Crippen LogP contribution in [-0.2, 0) is 0 Å². The lowest BCUT2D eigenvalue weighted by molar-refractivity contribution is -0.863. The summed E-state index contributed by atoms with van der Waals surface area (Å²) < 4.78 is 1.21. The van der Waals surface area contributed by atoms with Crippen LogP contribution in [-0.4, -0.2) is 10.2 Å². The minimum atomic E-state index is 0. The second-order valence-corrected chi connectivity index (χ2v) is 4.64. The van der Waals surface area contributed by atoms with Crippen LogP contribution in [0.25, 0.3) is 32.8 Å². The SMILES string of the molecule is Nc1c2ccccc2[n+](O)c2c1[nH]c1ccccc12.[Cl-]. The molecule has 2 heterocycles. The van der Waals surface area contributed by atoms with Crippen LogP contribution >= 0.6 is 0 Å². The van der Waals surface area contributed by atoms with Gasteiger partial charge in [0.15, 0.2) is 0 Å². The van der Waals surface area contributed by atoms with Gasteiger partial charge in [-0.05, 0) is 18.2 Å². The highest BCUT2D eigenvalue weighted by Crippen LogP contribution is 2.30. The Morgan fingerprint density at radius 2 is 1.60 bits per heavy atom. The predicted octanol–water partition coefficient (Wildman–Crippen LogP) is -0.415. The van der Waals surface area contributed by atoms with Gasteiger partial charge >= 0.3 is 0 Å². The van der Waals surface area contributed by atoms with Gasteiger partial charge in [-0.2, -0.15) is 0 Å². The third-order valence-corrected chi connectivity index (χ3v) is 3.58. The lowest BCUT2D eigenvalue weighted by atomic mass is 10.1. The Hall–Kier alpha value is -2.46. The highest BCUT2D eigenvalue weighted by molar-refractivity contribution is 6.12. The van der Waals surface area contributed by atoms with Crippen molar-refractivity contribution in [1.29, 1.82) is 0 Å². The number of nitrogens with one attached hydrogen (secondary N) is 1. The Bertz CT molecular complexity index is 946. The summed E-state index contributed by atoms with van der Waals surface area (Å²) in [7, 11) is 0. The maximum Gasteiger partial charge on any atom is 0.292 e. The number of hydrogen-bond acceptors (Lipinski definition) is 2. The number of aromatic nitrogens is 2. The summed E-state index contributed by atoms with van der Waals surface area (Å²) in [6.45, 7) is 0. The summed E-state index contributed by atoms with van der Waals surface area (Å²) in [5, 5.41) is 12.3. The Morgan fingerprint density at radius 1 is 0.950 bits per heavy atom. The van der Waals surface area contributed by atoms with Crippen molar-refractivity contribution in [3.63, 3.8) is 0 Å². The first kappa shape index (κ1) is 12.6. The van der Waals surface area contributed by atoms with Gasteiger partial charge in [-0.3, -0.25) is 5.21 Å². The molecule has 0 radical (unpaired) electrons. The van der Waals surface area contributed by atoms with Crippen LogP contribution in [0, 0.1) is 0 Å². The van der Waals surface area contributed by atoms with Crippen LogP contribution in [0.4, 0.5) is 5.69 Å². The van der Waals surface area contributed by atoms with Gasteiger partial charge in [-0.15, -0.1) is 0 Å². The molecule has 0 saturated heterocycles. The van der Waals surface area contributed by atoms with Crippen molar-refractivity contribution in [3.05, 3.63) is 48.5 Å². The quantitative estimate of drug-likeness (QED) is 0.304. The molecule has 0 saturated carbocycles. The Kier molecular flexibility index (Phi) is 2.69. The molecular weight excluding hydrogens is 274 g/mol. The van der Waals surface area contributed by atoms with Crippen LogP contribution in [0.1, 0.15) is 0 Å². The number of para-hydroxylation sites is 2. The molecule has 0 fully saturated rings. The van der Waals surface area contributed by atoms with Crippen molar-refractivity contribution in [2.24, 2.45) is 0 Å². The van der Waals surface area contributed by atoms with Gasteiger partial charge in [-0.25, -0.2) is 0 Å². The van der Waals surface area contributed by atoms with Crippen molar-refractivity contribution in [2.45, 2.75) is 0 Å². The Morgan fingerprint density at radius 3 is 2.40 bits per heavy atom. The van der Waals surface area contributed by atoms with E-state index in [0.717, 1.165) is 21.8 Å². The van der Waals surface area contributed by atoms with E-state index in [1.165, 1.54) is 4.73 Å². The first-order valence-corrected chi connectivity index (χ1v) is 6.09. The second kappa shape index (κ2) is 4.28. The summed E-state index contributed by atoms with van der Waals surface area (Å²) in [5.74, 6) is 0. The molecule has 0 spiro atoms. The van der Waals surface area contributed by atoms with E-state index in [2.05, 4.69) is 4.98 Å². The van der Waals surface area contributed by atoms with E-state index in [0.29, 0.717) is 16.7 Å². The number of nitrogens with zero attached hydrogens (tertiary/aromatic N) is 1. The van der Waals surface area contributed by atoms with Crippen molar-refractivity contribution in [1.82, 2.24) is 4.98 Å². The average molecular weight is 286 g/mol. The monoisotopic (exact) mass is 285 g/mol. The molecule has 4 aromatic rings. The molecule has 0 aliphatic rings. The molecule has 4 nitrogen and oxygen atoms in total. The molecule has 0 unspecified atom stereocenters. The molecule has 0 aliphatic carbocycles. The van der Waals surface area contributed by atoms with E-state index in [1.54, 1.807) is 0 Å². The smallest absolute Gasteiger partial charge is 0.292 e. The van der Waals surface area contributed by atoms with Crippen LogP contribution in [0.2, 0.25) is 0 Å². The number of H-pyrrole nitrogens is 1. The topological polar surface area (TPSA) is 65.9 Å². The van der Waals surface area contributed by atoms with Gasteiger partial charge < -0.3 is 23.1 Å². The fourth-order valence-electron chi connectivity index (χ4n) is 2.68. The fraction of sp³-hybridized carbons (Fsp3) is 0. The molecule has 100 valence electrons. The summed E-state index contributed by atoms with van der Waals surface area (Å²) in [6, 6.07) is 15.4. The number of nitrogen functional groups attached to an aromatic ring is 1. The van der Waals surface area contributed by atoms with E-state index in [-0.39, 0.29) is 12.4 Å². The van der Waals surface area contributed by atoms with Gasteiger partial charge in [0.1, 0.15) is 5.52 Å². The highest BCUT2D eigenvalue weighted by atomic mass is 35.5. The van der Waals surface area contributed by atoms with Gasteiger partial charge in [0.25, 0.3) is 11.0 Å². The number of fused-ring (bicyclic) bond motifs is 4. The number of halogens is 1. The predicted molar refractivity (Wildman–Crippen MR) is 75.1 cm³/mol. The molecule has 4 N–H and O–H groups in total. The zero-order chi connectivity index (χ0) is 13.0. The zero-order valence-electron chi connectivity index (χ0n) is 10.5. The van der Waals surface area contributed by atoms with Gasteiger partial charge in [0.05, 0.1) is 22.0 Å². The summed E-state index contributed by atoms with van der Waals surface area (Å²) >= 11 is 0. The summed E-state index contributed by atoms with van der Waals surface area (Å²) in [5.41, 5.74) is 10.0. The van der Waals surface area contributed by atoms with Crippen molar-refractivity contribution in [3.8, 4) is 0 Å². The first-order chi connectivity index (χ1) is 9.27. The van der Waals surface area contributed by atoms with E-state index in [9.17, 15) is 5.21 Å². The molecule has 0 amide bonds. The van der Waals surface area contributed by atoms with Crippen LogP contribution < -0.4 is 22.9 Å². The molecule has 4 rings (SSSR count). The highest BCUT2D eigenvalue weighted by Gasteiger charge is 2.23. The van der Waals surface area contributed by atoms with Crippen molar-refractivity contribution < 1.29 is 22.3 Å². The lowest BCUT2D eigenvalue weighted by Gasteiger charge is -2.00. The van der Waals surface area contributed by atoms with Crippen LogP contribution in [0.5, 0.6) is 0 Å². The number of aromatic amines is 1. The molecule has 0 atom stereocenters. The Labute approximate surface area is 120 Å². The standard InChI is InChI=1S/C15H11N3O.ClH/c16-13-10-6-2-4-8-12(10)18(19)15-9-5-1-3-7-11(9)17-14(13)15;/h1-8,19H,(H2,16,17);1H. The second-order valence-electron chi connectivity index (χ2n) is 4.64. The number of hydrogen-bond donors (Lipinski definition) is 3. The van der Waals surface area contributed by atoms with Gasteiger partial charge in [-0.1, -0.05) is 24.3 Å². The van der Waals surface area contributed by atoms with Gasteiger partial charge in [0, 0.05) is 10.8 Å². The minimum Gasteiger partial charge on any atom is -1.00 e. The third kappa shape index (κ3) is 1.45. The molecular formula is C15H12ClN3O. The Balaban J connectivity index is 0.00000121. The maximum atomic E-state index is 10.5. The molecule has 5 heteroatoms. The van der Waals surface area contributed by atoms with E-state index in [4.69, 9.17) is 5.73 Å². The molecule has 0 bridgehead atoms. The maximum absolute atomic E-state index is 10.5. The lowest BCUT2D eigenvalue weighted by Crippen LogP contribution is -3.00. The van der Waals surface area contributed by atoms with Crippen molar-refractivity contribution in [2.75, 3.05) is 5.73 Å². The number of anilines is 1. The molecule has 0 aliphatic heterocycles. The third-order valence-electron chi connectivity index (χ3n) is 3.58. The van der Waals surface area contributed by atoms with Gasteiger partial charge in [0.2, 0.25) is 0 Å². The van der Waals surface area contributed by atoms with Crippen LogP contribution in [0.3, 0.4) is 0 Å². The normalized spacial score (nSPS) is 11.0. The largest absolute Gasteiger partial charge is 1.00 e. The average Bonchev–Trinajstić information content (AvgIpc) is 2.84. The number of pyridine rings is 1. The minimum absolute atomic E-state index is 0. The summed E-state index contributed by atoms with van der Waals surface area (Å²) in [4.78, 5) is 3.27. The molecule has 20 heavy (non-hydrogen) atoms. The fourth-order valence-corrected chi connectivity index (χ4v) is 2.68.